The molecule has 1 heterocycles. The average molecular weight is 260 g/mol. The molecule has 1 aromatic heterocycles. The Kier molecular flexibility index (Phi) is 3.06. The van der Waals surface area contributed by atoms with Gasteiger partial charge in [0.25, 0.3) is 0 Å². The fourth-order valence-corrected chi connectivity index (χ4v) is 1.97. The molecule has 0 spiro atoms. The van der Waals surface area contributed by atoms with E-state index < -0.39 is 0 Å². The van der Waals surface area contributed by atoms with Gasteiger partial charge in [-0.3, -0.25) is 0 Å². The van der Waals surface area contributed by atoms with Gasteiger partial charge in [0.2, 0.25) is 0 Å². The fourth-order valence-electron chi connectivity index (χ4n) is 1.97. The van der Waals surface area contributed by atoms with Crippen molar-refractivity contribution < 1.29 is 4.74 Å². The second-order valence-corrected chi connectivity index (χ2v) is 4.58. The number of hydrogen-bond acceptors (Lipinski definition) is 3. The molecule has 3 aromatic rings. The maximum absolute atomic E-state index is 8.83. The van der Waals surface area contributed by atoms with Crippen molar-refractivity contribution in [2.24, 2.45) is 0 Å². The van der Waals surface area contributed by atoms with Gasteiger partial charge >= 0.3 is 0 Å². The van der Waals surface area contributed by atoms with Crippen molar-refractivity contribution in [2.45, 2.75) is 6.92 Å². The lowest BCUT2D eigenvalue weighted by Crippen LogP contribution is -1.87. The molecule has 0 atom stereocenters. The van der Waals surface area contributed by atoms with E-state index in [1.165, 1.54) is 5.56 Å². The Morgan fingerprint density at radius 3 is 2.45 bits per heavy atom. The van der Waals surface area contributed by atoms with Crippen LogP contribution in [-0.4, -0.2) is 4.98 Å². The number of fused-ring (bicyclic) bond motifs is 1. The molecular formula is C17H12N2O. The summed E-state index contributed by atoms with van der Waals surface area (Å²) in [4.78, 5) is 4.24. The molecule has 0 aliphatic carbocycles. The maximum Gasteiger partial charge on any atom is 0.141 e. The van der Waals surface area contributed by atoms with Crippen LogP contribution in [0.1, 0.15) is 11.3 Å². The number of nitriles is 1. The molecule has 0 unspecified atom stereocenters. The van der Waals surface area contributed by atoms with E-state index in [0.717, 1.165) is 22.4 Å². The van der Waals surface area contributed by atoms with Gasteiger partial charge in [-0.15, -0.1) is 0 Å². The average Bonchev–Trinajstić information content (AvgIpc) is 2.49. The van der Waals surface area contributed by atoms with Gasteiger partial charge < -0.3 is 4.74 Å². The zero-order valence-corrected chi connectivity index (χ0v) is 11.0. The number of ether oxygens (including phenoxy) is 1. The van der Waals surface area contributed by atoms with Crippen LogP contribution in [0, 0.1) is 18.3 Å². The van der Waals surface area contributed by atoms with Crippen LogP contribution in [0.25, 0.3) is 10.9 Å². The second kappa shape index (κ2) is 5.02. The maximum atomic E-state index is 8.83. The Bertz CT molecular complexity index is 801. The molecule has 3 heteroatoms. The first-order valence-electron chi connectivity index (χ1n) is 6.30. The van der Waals surface area contributed by atoms with Crippen LogP contribution >= 0.6 is 0 Å². The number of aromatic nitrogens is 1. The summed E-state index contributed by atoms with van der Waals surface area (Å²) in [6.45, 7) is 2.04. The first-order chi connectivity index (χ1) is 9.74. The Hall–Kier alpha value is -2.86. The Morgan fingerprint density at radius 2 is 1.70 bits per heavy atom. The van der Waals surface area contributed by atoms with Crippen molar-refractivity contribution in [3.05, 3.63) is 65.9 Å². The minimum absolute atomic E-state index is 0.421. The molecule has 3 rings (SSSR count). The first-order valence-corrected chi connectivity index (χ1v) is 6.30. The van der Waals surface area contributed by atoms with Crippen LogP contribution < -0.4 is 4.74 Å². The summed E-state index contributed by atoms with van der Waals surface area (Å²) in [5.41, 5.74) is 2.41. The third-order valence-corrected chi connectivity index (χ3v) is 3.03. The third-order valence-electron chi connectivity index (χ3n) is 3.03. The molecule has 0 saturated heterocycles. The minimum Gasteiger partial charge on any atom is -0.457 e. The Labute approximate surface area is 117 Å². The summed E-state index contributed by atoms with van der Waals surface area (Å²) >= 11 is 0. The number of pyridine rings is 1. The molecule has 0 fully saturated rings. The molecule has 0 aliphatic heterocycles. The summed E-state index contributed by atoms with van der Waals surface area (Å²) in [5.74, 6) is 1.56. The molecule has 0 saturated carbocycles. The lowest BCUT2D eigenvalue weighted by molar-refractivity contribution is 0.483. The van der Waals surface area contributed by atoms with Crippen LogP contribution in [0.4, 0.5) is 0 Å². The van der Waals surface area contributed by atoms with E-state index in [1.807, 2.05) is 61.5 Å². The van der Waals surface area contributed by atoms with Crippen molar-refractivity contribution in [1.29, 1.82) is 5.26 Å². The lowest BCUT2D eigenvalue weighted by atomic mass is 10.2. The van der Waals surface area contributed by atoms with E-state index in [1.54, 1.807) is 6.07 Å². The second-order valence-electron chi connectivity index (χ2n) is 4.58. The third kappa shape index (κ3) is 2.45. The monoisotopic (exact) mass is 260 g/mol. The quantitative estimate of drug-likeness (QED) is 0.693. The van der Waals surface area contributed by atoms with Gasteiger partial charge in [-0.25, -0.2) is 4.98 Å². The molecule has 96 valence electrons. The molecule has 3 nitrogen and oxygen atoms in total. The van der Waals surface area contributed by atoms with Crippen LogP contribution in [0.5, 0.6) is 11.5 Å². The fraction of sp³-hybridized carbons (Fsp3) is 0.0588. The van der Waals surface area contributed by atoms with Gasteiger partial charge in [0.1, 0.15) is 23.3 Å². The van der Waals surface area contributed by atoms with Crippen molar-refractivity contribution in [1.82, 2.24) is 4.98 Å². The summed E-state index contributed by atoms with van der Waals surface area (Å²) in [5, 5.41) is 9.78. The highest BCUT2D eigenvalue weighted by atomic mass is 16.5. The summed E-state index contributed by atoms with van der Waals surface area (Å²) < 4.78 is 5.81. The smallest absolute Gasteiger partial charge is 0.141 e. The van der Waals surface area contributed by atoms with Crippen molar-refractivity contribution in [3.63, 3.8) is 0 Å². The highest BCUT2D eigenvalue weighted by molar-refractivity contribution is 5.80. The largest absolute Gasteiger partial charge is 0.457 e. The highest BCUT2D eigenvalue weighted by Crippen LogP contribution is 2.25. The van der Waals surface area contributed by atoms with Crippen LogP contribution in [0.15, 0.2) is 54.6 Å². The minimum atomic E-state index is 0.421. The zero-order valence-electron chi connectivity index (χ0n) is 11.0. The van der Waals surface area contributed by atoms with E-state index in [4.69, 9.17) is 10.00 Å². The Morgan fingerprint density at radius 1 is 0.950 bits per heavy atom. The van der Waals surface area contributed by atoms with Gasteiger partial charge in [0.05, 0.1) is 5.52 Å². The molecule has 20 heavy (non-hydrogen) atoms. The van der Waals surface area contributed by atoms with Crippen LogP contribution in [0.2, 0.25) is 0 Å². The summed E-state index contributed by atoms with van der Waals surface area (Å²) in [6, 6.07) is 19.2. The molecular weight excluding hydrogens is 248 g/mol. The topological polar surface area (TPSA) is 45.9 Å². The predicted octanol–water partition coefficient (Wildman–Crippen LogP) is 4.21. The van der Waals surface area contributed by atoms with E-state index >= 15 is 0 Å². The van der Waals surface area contributed by atoms with E-state index in [2.05, 4.69) is 4.98 Å². The zero-order chi connectivity index (χ0) is 13.9. The van der Waals surface area contributed by atoms with Crippen molar-refractivity contribution in [3.8, 4) is 17.6 Å². The SMILES string of the molecule is Cc1ccc(Oc2ccc3nc(C#N)ccc3c2)cc1. The van der Waals surface area contributed by atoms with E-state index in [0.29, 0.717) is 5.69 Å². The van der Waals surface area contributed by atoms with Gasteiger partial charge in [0.15, 0.2) is 0 Å². The number of benzene rings is 2. The number of aryl methyl sites for hydroxylation is 1. The number of hydrogen-bond donors (Lipinski definition) is 0. The summed E-state index contributed by atoms with van der Waals surface area (Å²) in [7, 11) is 0. The van der Waals surface area contributed by atoms with Crippen LogP contribution in [0.3, 0.4) is 0 Å². The molecule has 0 amide bonds. The van der Waals surface area contributed by atoms with Gasteiger partial charge in [-0.05, 0) is 49.4 Å². The van der Waals surface area contributed by atoms with Crippen molar-refractivity contribution >= 4 is 10.9 Å². The predicted molar refractivity (Wildman–Crippen MR) is 77.7 cm³/mol. The molecule has 0 aliphatic rings. The van der Waals surface area contributed by atoms with E-state index in [9.17, 15) is 0 Å². The first kappa shape index (κ1) is 12.2. The lowest BCUT2D eigenvalue weighted by Gasteiger charge is -2.07. The number of rotatable bonds is 2. The number of nitrogens with zero attached hydrogens (tertiary/aromatic N) is 2. The van der Waals surface area contributed by atoms with Crippen LogP contribution in [-0.2, 0) is 0 Å². The van der Waals surface area contributed by atoms with Gasteiger partial charge in [-0.2, -0.15) is 5.26 Å². The molecule has 0 radical (unpaired) electrons. The van der Waals surface area contributed by atoms with Gasteiger partial charge in [-0.1, -0.05) is 17.7 Å². The molecule has 2 aromatic carbocycles. The molecule has 0 N–H and O–H groups in total. The molecule has 0 bridgehead atoms. The normalized spacial score (nSPS) is 10.2. The van der Waals surface area contributed by atoms with E-state index in [-0.39, 0.29) is 0 Å². The Balaban J connectivity index is 1.93. The standard InChI is InChI=1S/C17H12N2O/c1-12-2-6-15(7-3-12)20-16-8-9-17-13(10-16)4-5-14(11-18)19-17/h2-10H,1H3. The van der Waals surface area contributed by atoms with Crippen molar-refractivity contribution in [2.75, 3.05) is 0 Å². The van der Waals surface area contributed by atoms with Gasteiger partial charge in [0, 0.05) is 5.39 Å². The highest BCUT2D eigenvalue weighted by Gasteiger charge is 2.01. The summed E-state index contributed by atoms with van der Waals surface area (Å²) in [6.07, 6.45) is 0.